The smallest absolute Gasteiger partial charge is 0.0722 e. The van der Waals surface area contributed by atoms with E-state index in [1.165, 1.54) is 117 Å². The lowest BCUT2D eigenvalue weighted by molar-refractivity contribution is 0.590. The van der Waals surface area contributed by atoms with Crippen LogP contribution in [0.15, 0.2) is 394 Å². The van der Waals surface area contributed by atoms with Gasteiger partial charge in [-0.15, -0.1) is 0 Å². The van der Waals surface area contributed by atoms with Crippen LogP contribution in [0.2, 0.25) is 0 Å². The van der Waals surface area contributed by atoms with Gasteiger partial charge in [-0.2, -0.15) is 0 Å². The lowest BCUT2D eigenvalue weighted by Crippen LogP contribution is -2.10. The molecule has 18 aromatic carbocycles. The summed E-state index contributed by atoms with van der Waals surface area (Å²) in [5.74, 6) is 0. The Kier molecular flexibility index (Phi) is 24.9. The molecule has 1 heterocycles. The second kappa shape index (κ2) is 37.0. The van der Waals surface area contributed by atoms with Crippen molar-refractivity contribution in [2.75, 3.05) is 0 Å². The number of hydrogen-bond acceptors (Lipinski definition) is 1. The molecule has 19 aromatic rings. The molecule has 0 atom stereocenters. The number of fused-ring (bicyclic) bond motifs is 3. The maximum atomic E-state index is 5.62. The topological polar surface area (TPSA) is 12.9 Å². The van der Waals surface area contributed by atoms with E-state index < -0.39 is 0 Å². The van der Waals surface area contributed by atoms with Crippen LogP contribution in [-0.4, -0.2) is 4.98 Å². The normalized spacial score (nSPS) is 12.6. The predicted octanol–water partition coefficient (Wildman–Crippen LogP) is 40.9. The number of rotatable bonds is 16. The standard InChI is InChI=1S/C143H137N/c1-136(2,3)121-51-35-90(36-52-121)100-68-101(91-37-53-122(54-38-91)137(4,5)6)73-109(72-100)115-83-116(110-74-102(92-39-55-123(56-40-92)138(7,8)9)69-103(75-110)93-41-57-124(58-42-93)139(10,11)12)86-119(85-115)113-80-108(98-29-27-30-99(67-98)134-89-132-130-32-26-25-31-129(130)131-33-28-34-133(144-134)135(131)132)81-114(82-113)120-87-117(111-76-104(94-43-59-125(60-44-94)140(13,14)15)70-105(77-111)95-45-61-126(62-46-95)141(16,17)18)84-118(88-120)112-78-106(96-47-63-127(64-48-96)142(19,20)21)71-107(79-112)97-49-65-128(66-50-97)143(22,23)24/h25-89H,1-24H3. The van der Waals surface area contributed by atoms with E-state index >= 15 is 0 Å². The summed E-state index contributed by atoms with van der Waals surface area (Å²) in [6, 6.07) is 154. The molecule has 1 nitrogen and oxygen atoms in total. The lowest BCUT2D eigenvalue weighted by Gasteiger charge is -2.21. The van der Waals surface area contributed by atoms with Crippen LogP contribution in [0.3, 0.4) is 0 Å². The highest BCUT2D eigenvalue weighted by Gasteiger charge is 2.29. The number of nitrogens with zero attached hydrogens (tertiary/aromatic N) is 1. The average molecular weight is 1870 g/mol. The summed E-state index contributed by atoms with van der Waals surface area (Å²) < 4.78 is 0. The Morgan fingerprint density at radius 1 is 0.118 bits per heavy atom. The van der Waals surface area contributed by atoms with Gasteiger partial charge in [0.15, 0.2) is 0 Å². The van der Waals surface area contributed by atoms with Gasteiger partial charge in [0, 0.05) is 10.9 Å². The minimum Gasteiger partial charge on any atom is -0.248 e. The first-order chi connectivity index (χ1) is 68.3. The van der Waals surface area contributed by atoms with Crippen molar-refractivity contribution < 1.29 is 0 Å². The Morgan fingerprint density at radius 3 is 0.465 bits per heavy atom. The van der Waals surface area contributed by atoms with Crippen LogP contribution in [0.4, 0.5) is 0 Å². The Bertz CT molecular complexity index is 7040. The number of benzene rings is 18. The zero-order valence-corrected chi connectivity index (χ0v) is 89.0. The molecule has 714 valence electrons. The highest BCUT2D eigenvalue weighted by Crippen LogP contribution is 2.51. The third kappa shape index (κ3) is 20.3. The van der Waals surface area contributed by atoms with Crippen molar-refractivity contribution >= 4 is 10.9 Å². The molecule has 0 radical (unpaired) electrons. The van der Waals surface area contributed by atoms with Gasteiger partial charge in [0.1, 0.15) is 0 Å². The van der Waals surface area contributed by atoms with Gasteiger partial charge in [0.2, 0.25) is 0 Å². The van der Waals surface area contributed by atoms with Gasteiger partial charge in [-0.1, -0.05) is 415 Å². The van der Waals surface area contributed by atoms with E-state index in [0.29, 0.717) is 0 Å². The molecule has 1 aliphatic carbocycles. The van der Waals surface area contributed by atoms with E-state index in [9.17, 15) is 0 Å². The lowest BCUT2D eigenvalue weighted by atomic mass is 9.84. The Hall–Kier alpha value is -14.6. The van der Waals surface area contributed by atoms with Crippen LogP contribution < -0.4 is 0 Å². The van der Waals surface area contributed by atoms with Gasteiger partial charge >= 0.3 is 0 Å². The minimum atomic E-state index is -0.0291. The van der Waals surface area contributed by atoms with Crippen molar-refractivity contribution in [2.24, 2.45) is 0 Å². The molecule has 0 amide bonds. The fraction of sp³-hybridized carbons (Fsp3) is 0.224. The Balaban J connectivity index is 0.884. The average Bonchev–Trinajstić information content (AvgIpc) is 1.57. The second-order valence-electron chi connectivity index (χ2n) is 49.1. The minimum absolute atomic E-state index is 0.0291. The van der Waals surface area contributed by atoms with Crippen molar-refractivity contribution in [2.45, 2.75) is 209 Å². The highest BCUT2D eigenvalue weighted by molar-refractivity contribution is 6.15. The molecule has 0 saturated heterocycles. The van der Waals surface area contributed by atoms with Crippen LogP contribution in [0, 0.1) is 0 Å². The van der Waals surface area contributed by atoms with Gasteiger partial charge in [0.25, 0.3) is 0 Å². The molecule has 1 aromatic heterocycles. The quantitative estimate of drug-likeness (QED) is 0.0940. The summed E-state index contributed by atoms with van der Waals surface area (Å²) >= 11 is 0. The van der Waals surface area contributed by atoms with Crippen molar-refractivity contribution in [1.82, 2.24) is 4.98 Å². The monoisotopic (exact) mass is 1870 g/mol. The molecule has 144 heavy (non-hydrogen) atoms. The second-order valence-corrected chi connectivity index (χ2v) is 49.1. The predicted molar refractivity (Wildman–Crippen MR) is 623 cm³/mol. The van der Waals surface area contributed by atoms with E-state index in [1.54, 1.807) is 0 Å². The fourth-order valence-corrected chi connectivity index (χ4v) is 20.9. The van der Waals surface area contributed by atoms with E-state index in [-0.39, 0.29) is 43.3 Å². The summed E-state index contributed by atoms with van der Waals surface area (Å²) in [4.78, 5) is 5.62. The van der Waals surface area contributed by atoms with Gasteiger partial charge < -0.3 is 0 Å². The van der Waals surface area contributed by atoms with Crippen molar-refractivity contribution in [3.8, 4) is 200 Å². The van der Waals surface area contributed by atoms with Gasteiger partial charge in [-0.05, 0) is 423 Å². The van der Waals surface area contributed by atoms with Gasteiger partial charge in [0.05, 0.1) is 11.2 Å². The van der Waals surface area contributed by atoms with Crippen LogP contribution >= 0.6 is 0 Å². The van der Waals surface area contributed by atoms with Crippen LogP contribution in [0.25, 0.3) is 211 Å². The maximum absolute atomic E-state index is 5.62. The van der Waals surface area contributed by atoms with Crippen LogP contribution in [0.1, 0.15) is 211 Å². The van der Waals surface area contributed by atoms with Crippen molar-refractivity contribution in [3.05, 3.63) is 439 Å². The zero-order chi connectivity index (χ0) is 101. The van der Waals surface area contributed by atoms with E-state index in [1.807, 2.05) is 0 Å². The van der Waals surface area contributed by atoms with Gasteiger partial charge in [-0.3, -0.25) is 0 Å². The highest BCUT2D eigenvalue weighted by atomic mass is 14.7. The molecule has 0 fully saturated rings. The molecule has 0 unspecified atom stereocenters. The molecular weight excluding hydrogens is 1730 g/mol. The molecule has 20 rings (SSSR count). The molecule has 0 N–H and O–H groups in total. The van der Waals surface area contributed by atoms with Crippen molar-refractivity contribution in [3.63, 3.8) is 0 Å². The summed E-state index contributed by atoms with van der Waals surface area (Å²) in [6.45, 7) is 55.4. The van der Waals surface area contributed by atoms with Crippen molar-refractivity contribution in [1.29, 1.82) is 0 Å². The van der Waals surface area contributed by atoms with Crippen LogP contribution in [0.5, 0.6) is 0 Å². The Labute approximate surface area is 858 Å². The molecule has 0 saturated carbocycles. The Morgan fingerprint density at radius 2 is 0.271 bits per heavy atom. The summed E-state index contributed by atoms with van der Waals surface area (Å²) in [7, 11) is 0. The maximum Gasteiger partial charge on any atom is 0.0722 e. The molecule has 0 spiro atoms. The first-order valence-electron chi connectivity index (χ1n) is 51.9. The number of pyridine rings is 1. The van der Waals surface area contributed by atoms with E-state index in [2.05, 4.69) is 560 Å². The zero-order valence-electron chi connectivity index (χ0n) is 89.0. The summed E-state index contributed by atoms with van der Waals surface area (Å²) in [6.07, 6.45) is 0. The van der Waals surface area contributed by atoms with E-state index in [4.69, 9.17) is 4.98 Å². The molecule has 0 aliphatic heterocycles. The van der Waals surface area contributed by atoms with Gasteiger partial charge in [-0.25, -0.2) is 4.98 Å². The van der Waals surface area contributed by atoms with Crippen LogP contribution in [-0.2, 0) is 43.3 Å². The molecular formula is C143H137N. The summed E-state index contributed by atoms with van der Waals surface area (Å²) in [5, 5.41) is 1.21. The number of hydrogen-bond donors (Lipinski definition) is 0. The fourth-order valence-electron chi connectivity index (χ4n) is 20.9. The van der Waals surface area contributed by atoms with E-state index in [0.717, 1.165) is 139 Å². The first-order valence-corrected chi connectivity index (χ1v) is 51.9. The molecule has 0 bridgehead atoms. The number of aromatic nitrogens is 1. The SMILES string of the molecule is CC(C)(C)c1ccc(-c2cc(-c3ccc(C(C)(C)C)cc3)cc(-c3cc(-c4cc(-c5ccc(C(C)(C)C)cc5)cc(-c5ccc(C(C)(C)C)cc5)c4)cc(-c4cc(-c5cc(-c6cc(-c7ccc(C(C)(C)C)cc7)cc(-c7ccc(C(C)(C)C)cc7)c6)cc(-c6cc(-c7ccc(C(C)(C)C)cc7)cc(-c7ccc(C(C)(C)C)cc7)c6)c5)cc(-c5cccc(-c6cc7c8c(cccc8n6)-c6ccccc6-7)c5)c4)c3)c2)cc1. The summed E-state index contributed by atoms with van der Waals surface area (Å²) in [5.41, 5.74) is 52.0. The first kappa shape index (κ1) is 96.8. The third-order valence-electron chi connectivity index (χ3n) is 30.0. The largest absolute Gasteiger partial charge is 0.248 e. The third-order valence-corrected chi connectivity index (χ3v) is 30.0. The molecule has 1 heteroatoms. The molecule has 1 aliphatic rings.